The Kier molecular flexibility index (Phi) is 21.8. The zero-order valence-corrected chi connectivity index (χ0v) is 30.8. The molecular weight excluding hydrogens is 612 g/mol. The third-order valence-corrected chi connectivity index (χ3v) is 8.30. The van der Waals surface area contributed by atoms with Gasteiger partial charge >= 0.3 is 5.97 Å². The Bertz CT molecular complexity index is 1020. The maximum atomic E-state index is 12.1. The predicted molar refractivity (Wildman–Crippen MR) is 188 cm³/mol. The van der Waals surface area contributed by atoms with Gasteiger partial charge in [-0.15, -0.1) is 0 Å². The van der Waals surface area contributed by atoms with Gasteiger partial charge in [0.05, 0.1) is 18.3 Å². The smallest absolute Gasteiger partial charge is 0.308 e. The van der Waals surface area contributed by atoms with Gasteiger partial charge in [-0.2, -0.15) is 0 Å². The number of unbranched alkanes of at least 4 members (excludes halogenated alkanes) is 1. The highest BCUT2D eigenvalue weighted by molar-refractivity contribution is 5.69. The molecule has 0 spiro atoms. The Hall–Kier alpha value is -2.11. The quantitative estimate of drug-likeness (QED) is 0.0417. The standard InChI is InChI=1S/C39H64O9/c1-9-41-29(5)45-34(25-24-33-20-16-15-17-21-33)26-27-36-35(22-18-13-14-19-23-39(40)48-32(8)44-12-4)37(46-30(6)42-10-2)28-38(36)47-31(7)43-11-3/h13,15-18,20-21,26-27,29-32,34-38H,9-12,14,19,22-25,28H2,1-8H3/b18-13-,27-26+/t29?,30?,31?,32?,34?,35-,36-,37+,38-/m1/s1. The summed E-state index contributed by atoms with van der Waals surface area (Å²) in [5.41, 5.74) is 1.27. The van der Waals surface area contributed by atoms with Crippen molar-refractivity contribution >= 4 is 5.97 Å². The fraction of sp³-hybridized carbons (Fsp3) is 0.718. The van der Waals surface area contributed by atoms with E-state index < -0.39 is 6.29 Å². The fourth-order valence-corrected chi connectivity index (χ4v) is 6.19. The molecule has 0 amide bonds. The lowest BCUT2D eigenvalue weighted by Gasteiger charge is -2.27. The SMILES string of the molecule is CCOC(C)OC(=O)CCC/C=C\C[C@@H]1[C@@H](/C=C/C(CCc2ccccc2)OC(C)OCC)[C@H](OC(C)OCC)C[C@@H]1OC(C)OCC. The number of rotatable bonds is 26. The second-order valence-corrected chi connectivity index (χ2v) is 12.1. The maximum absolute atomic E-state index is 12.1. The minimum atomic E-state index is -0.521. The molecule has 2 rings (SSSR count). The third-order valence-electron chi connectivity index (χ3n) is 8.30. The number of esters is 1. The van der Waals surface area contributed by atoms with Gasteiger partial charge in [0.1, 0.15) is 0 Å². The van der Waals surface area contributed by atoms with Gasteiger partial charge < -0.3 is 37.9 Å². The highest BCUT2D eigenvalue weighted by atomic mass is 16.7. The minimum absolute atomic E-state index is 0.0524. The van der Waals surface area contributed by atoms with Crippen LogP contribution in [0.5, 0.6) is 0 Å². The molecule has 9 atom stereocenters. The molecular formula is C39H64O9. The molecule has 5 unspecified atom stereocenters. The summed E-state index contributed by atoms with van der Waals surface area (Å²) < 4.78 is 47.4. The van der Waals surface area contributed by atoms with Crippen molar-refractivity contribution in [2.24, 2.45) is 11.8 Å². The normalized spacial score (nSPS) is 23.0. The van der Waals surface area contributed by atoms with Crippen LogP contribution in [0.2, 0.25) is 0 Å². The molecule has 274 valence electrons. The van der Waals surface area contributed by atoms with Crippen molar-refractivity contribution in [1.29, 1.82) is 0 Å². The molecule has 1 saturated carbocycles. The average Bonchev–Trinajstić information content (AvgIpc) is 3.35. The predicted octanol–water partition coefficient (Wildman–Crippen LogP) is 8.16. The number of carbonyl (C=O) groups excluding carboxylic acids is 1. The molecule has 0 saturated heterocycles. The summed E-state index contributed by atoms with van der Waals surface area (Å²) in [5, 5.41) is 0. The number of hydrogen-bond donors (Lipinski definition) is 0. The number of allylic oxidation sites excluding steroid dienone is 2. The molecule has 1 aliphatic carbocycles. The van der Waals surface area contributed by atoms with Crippen LogP contribution in [-0.4, -0.2) is 75.9 Å². The van der Waals surface area contributed by atoms with E-state index in [9.17, 15) is 4.79 Å². The molecule has 1 aromatic rings. The number of hydrogen-bond acceptors (Lipinski definition) is 9. The lowest BCUT2D eigenvalue weighted by atomic mass is 9.89. The summed E-state index contributed by atoms with van der Waals surface area (Å²) in [6.45, 7) is 17.6. The second kappa shape index (κ2) is 24.9. The second-order valence-electron chi connectivity index (χ2n) is 12.1. The zero-order valence-electron chi connectivity index (χ0n) is 30.8. The lowest BCUT2D eigenvalue weighted by Crippen LogP contribution is -2.28. The molecule has 0 radical (unpaired) electrons. The Balaban J connectivity index is 2.25. The average molecular weight is 677 g/mol. The van der Waals surface area contributed by atoms with Gasteiger partial charge in [0, 0.05) is 45.2 Å². The van der Waals surface area contributed by atoms with Gasteiger partial charge in [-0.25, -0.2) is 0 Å². The van der Waals surface area contributed by atoms with Crippen LogP contribution in [0.3, 0.4) is 0 Å². The van der Waals surface area contributed by atoms with Crippen LogP contribution in [0.25, 0.3) is 0 Å². The molecule has 1 aromatic carbocycles. The van der Waals surface area contributed by atoms with Crippen molar-refractivity contribution in [3.8, 4) is 0 Å². The number of benzene rings is 1. The van der Waals surface area contributed by atoms with E-state index in [1.54, 1.807) is 6.92 Å². The molecule has 0 bridgehead atoms. The van der Waals surface area contributed by atoms with Gasteiger partial charge in [0.15, 0.2) is 25.2 Å². The summed E-state index contributed by atoms with van der Waals surface area (Å²) in [7, 11) is 0. The van der Waals surface area contributed by atoms with Crippen LogP contribution >= 0.6 is 0 Å². The first-order chi connectivity index (χ1) is 23.2. The van der Waals surface area contributed by atoms with Gasteiger partial charge in [0.25, 0.3) is 0 Å². The van der Waals surface area contributed by atoms with Crippen LogP contribution in [0.15, 0.2) is 54.6 Å². The third kappa shape index (κ3) is 17.0. The van der Waals surface area contributed by atoms with Gasteiger partial charge in [-0.3, -0.25) is 4.79 Å². The van der Waals surface area contributed by atoms with E-state index in [-0.39, 0.29) is 55.0 Å². The van der Waals surface area contributed by atoms with Crippen LogP contribution in [0.1, 0.15) is 99.5 Å². The van der Waals surface area contributed by atoms with E-state index in [2.05, 4.69) is 48.6 Å². The summed E-state index contributed by atoms with van der Waals surface area (Å²) in [5.74, 6) is -0.0539. The van der Waals surface area contributed by atoms with Gasteiger partial charge in [-0.1, -0.05) is 54.6 Å². The summed E-state index contributed by atoms with van der Waals surface area (Å²) in [4.78, 5) is 12.1. The summed E-state index contributed by atoms with van der Waals surface area (Å²) in [6.07, 6.45) is 12.0. The van der Waals surface area contributed by atoms with Crippen molar-refractivity contribution < 1.29 is 42.7 Å². The Morgan fingerprint density at radius 2 is 1.40 bits per heavy atom. The highest BCUT2D eigenvalue weighted by Crippen LogP contribution is 2.41. The molecule has 0 N–H and O–H groups in total. The first kappa shape index (κ1) is 42.1. The molecule has 1 aliphatic rings. The van der Waals surface area contributed by atoms with Crippen molar-refractivity contribution in [2.45, 2.75) is 144 Å². The Morgan fingerprint density at radius 1 is 0.792 bits per heavy atom. The van der Waals surface area contributed by atoms with E-state index in [4.69, 9.17) is 37.9 Å². The largest absolute Gasteiger partial charge is 0.436 e. The zero-order chi connectivity index (χ0) is 35.1. The van der Waals surface area contributed by atoms with Crippen LogP contribution in [0.4, 0.5) is 0 Å². The van der Waals surface area contributed by atoms with Crippen LogP contribution < -0.4 is 0 Å². The van der Waals surface area contributed by atoms with Crippen molar-refractivity contribution in [3.63, 3.8) is 0 Å². The first-order valence-corrected chi connectivity index (χ1v) is 18.2. The lowest BCUT2D eigenvalue weighted by molar-refractivity contribution is -0.175. The molecule has 0 heterocycles. The van der Waals surface area contributed by atoms with E-state index >= 15 is 0 Å². The topological polar surface area (TPSA) is 90.9 Å². The monoisotopic (exact) mass is 676 g/mol. The Labute approximate surface area is 290 Å². The van der Waals surface area contributed by atoms with E-state index in [0.29, 0.717) is 39.3 Å². The van der Waals surface area contributed by atoms with Crippen LogP contribution in [-0.2, 0) is 49.1 Å². The van der Waals surface area contributed by atoms with Gasteiger partial charge in [0.2, 0.25) is 0 Å². The molecule has 48 heavy (non-hydrogen) atoms. The number of carbonyl (C=O) groups is 1. The van der Waals surface area contributed by atoms with Crippen molar-refractivity contribution in [2.75, 3.05) is 26.4 Å². The minimum Gasteiger partial charge on any atom is -0.436 e. The molecule has 9 nitrogen and oxygen atoms in total. The van der Waals surface area contributed by atoms with Gasteiger partial charge in [-0.05, 0) is 99.0 Å². The Morgan fingerprint density at radius 3 is 2.04 bits per heavy atom. The maximum Gasteiger partial charge on any atom is 0.308 e. The van der Waals surface area contributed by atoms with E-state index in [0.717, 1.165) is 32.1 Å². The first-order valence-electron chi connectivity index (χ1n) is 18.2. The number of ether oxygens (including phenoxy) is 8. The van der Waals surface area contributed by atoms with Crippen molar-refractivity contribution in [1.82, 2.24) is 0 Å². The number of aryl methyl sites for hydroxylation is 1. The molecule has 0 aliphatic heterocycles. The van der Waals surface area contributed by atoms with Crippen LogP contribution in [0, 0.1) is 11.8 Å². The molecule has 0 aromatic heterocycles. The fourth-order valence-electron chi connectivity index (χ4n) is 6.19. The highest BCUT2D eigenvalue weighted by Gasteiger charge is 2.44. The molecule has 1 fully saturated rings. The van der Waals surface area contributed by atoms with E-state index in [1.165, 1.54) is 5.56 Å². The summed E-state index contributed by atoms with van der Waals surface area (Å²) >= 11 is 0. The molecule has 9 heteroatoms. The summed E-state index contributed by atoms with van der Waals surface area (Å²) in [6, 6.07) is 10.5. The van der Waals surface area contributed by atoms with Crippen molar-refractivity contribution in [3.05, 3.63) is 60.2 Å². The van der Waals surface area contributed by atoms with E-state index in [1.807, 2.05) is 54.5 Å².